The molecule has 4 heterocycles. The van der Waals surface area contributed by atoms with Crippen molar-refractivity contribution in [3.05, 3.63) is 0 Å². The number of nitrogens with zero attached hydrogens (tertiary/aromatic N) is 3. The van der Waals surface area contributed by atoms with Crippen molar-refractivity contribution < 1.29 is 19.1 Å². The van der Waals surface area contributed by atoms with Gasteiger partial charge in [-0.25, -0.2) is 0 Å². The van der Waals surface area contributed by atoms with Crippen molar-refractivity contribution in [1.82, 2.24) is 20.0 Å². The highest BCUT2D eigenvalue weighted by atomic mass is 16.7. The van der Waals surface area contributed by atoms with E-state index in [1.54, 1.807) is 0 Å². The molecule has 2 unspecified atom stereocenters. The third-order valence-corrected chi connectivity index (χ3v) is 17.0. The van der Waals surface area contributed by atoms with Crippen molar-refractivity contribution in [2.45, 2.75) is 149 Å². The fourth-order valence-corrected chi connectivity index (χ4v) is 14.2. The number of likely N-dealkylation sites (tertiary alicyclic amines) is 1. The lowest BCUT2D eigenvalue weighted by molar-refractivity contribution is -0.273. The second-order valence-corrected chi connectivity index (χ2v) is 20.2. The van der Waals surface area contributed by atoms with Crippen LogP contribution < -0.4 is 5.32 Å². The number of nitrogens with one attached hydrogen (secondary N) is 1. The van der Waals surface area contributed by atoms with Crippen LogP contribution in [0.1, 0.15) is 125 Å². The van der Waals surface area contributed by atoms with Crippen LogP contribution in [0.3, 0.4) is 0 Å². The number of rotatable bonds is 6. The summed E-state index contributed by atoms with van der Waals surface area (Å²) >= 11 is 0. The second kappa shape index (κ2) is 14.1. The van der Waals surface area contributed by atoms with Gasteiger partial charge in [0.1, 0.15) is 6.42 Å². The predicted octanol–water partition coefficient (Wildman–Crippen LogP) is 6.57. The number of piperidine rings is 1. The Morgan fingerprint density at radius 1 is 0.824 bits per heavy atom. The van der Waals surface area contributed by atoms with Crippen LogP contribution in [0, 0.1) is 58.2 Å². The molecular formula is C43H72N4O4. The minimum Gasteiger partial charge on any atom is -0.353 e. The number of ether oxygens (including phenoxy) is 2. The summed E-state index contributed by atoms with van der Waals surface area (Å²) in [4.78, 5) is 33.7. The maximum atomic E-state index is 13.3. The molecule has 8 nitrogen and oxygen atoms in total. The van der Waals surface area contributed by atoms with Gasteiger partial charge >= 0.3 is 0 Å². The van der Waals surface area contributed by atoms with E-state index in [1.165, 1.54) is 51.5 Å². The third-order valence-electron chi connectivity index (χ3n) is 17.0. The van der Waals surface area contributed by atoms with Crippen LogP contribution >= 0.6 is 0 Å². The molecule has 0 aromatic rings. The number of hydrogen-bond donors (Lipinski definition) is 1. The van der Waals surface area contributed by atoms with E-state index >= 15 is 0 Å². The van der Waals surface area contributed by atoms with Crippen molar-refractivity contribution in [3.8, 4) is 0 Å². The second-order valence-electron chi connectivity index (χ2n) is 20.2. The van der Waals surface area contributed by atoms with Crippen molar-refractivity contribution in [1.29, 1.82) is 0 Å². The van der Waals surface area contributed by atoms with Crippen LogP contribution in [0.4, 0.5) is 0 Å². The van der Waals surface area contributed by atoms with E-state index in [2.05, 4.69) is 56.7 Å². The van der Waals surface area contributed by atoms with E-state index in [4.69, 9.17) is 9.47 Å². The lowest BCUT2D eigenvalue weighted by atomic mass is 9.44. The lowest BCUT2D eigenvalue weighted by Crippen LogP contribution is -2.56. The molecule has 0 radical (unpaired) electrons. The first kappa shape index (κ1) is 36.7. The van der Waals surface area contributed by atoms with Crippen molar-refractivity contribution in [2.75, 3.05) is 52.4 Å². The van der Waals surface area contributed by atoms with Gasteiger partial charge in [0.05, 0.1) is 12.7 Å². The topological polar surface area (TPSA) is 74.4 Å². The molecule has 0 bridgehead atoms. The fraction of sp³-hybridized carbons (Fsp3) is 0.953. The first-order valence-corrected chi connectivity index (χ1v) is 21.7. The first-order valence-electron chi connectivity index (χ1n) is 21.7. The van der Waals surface area contributed by atoms with Crippen LogP contribution in [0.2, 0.25) is 0 Å². The van der Waals surface area contributed by atoms with Crippen LogP contribution in [-0.4, -0.2) is 103 Å². The van der Waals surface area contributed by atoms with E-state index < -0.39 is 0 Å². The minimum atomic E-state index is -0.330. The minimum absolute atomic E-state index is 0.0100. The Morgan fingerprint density at radius 3 is 2.27 bits per heavy atom. The van der Waals surface area contributed by atoms with Crippen LogP contribution in [-0.2, 0) is 19.1 Å². The van der Waals surface area contributed by atoms with Gasteiger partial charge in [-0.2, -0.15) is 0 Å². The highest BCUT2D eigenvalue weighted by molar-refractivity contribution is 5.97. The normalized spacial score (nSPS) is 46.4. The molecule has 1 spiro atoms. The van der Waals surface area contributed by atoms with E-state index in [9.17, 15) is 9.59 Å². The number of carbonyl (C=O) groups excluding carboxylic acids is 2. The van der Waals surface area contributed by atoms with Gasteiger partial charge in [-0.1, -0.05) is 41.5 Å². The molecular weight excluding hydrogens is 636 g/mol. The van der Waals surface area contributed by atoms with Crippen molar-refractivity contribution >= 4 is 11.8 Å². The Labute approximate surface area is 309 Å². The lowest BCUT2D eigenvalue weighted by Gasteiger charge is -2.61. The molecule has 8 fully saturated rings. The molecule has 4 aliphatic carbocycles. The smallest absolute Gasteiger partial charge is 0.232 e. The largest absolute Gasteiger partial charge is 0.353 e. The number of fused-ring (bicyclic) bond motifs is 7. The summed E-state index contributed by atoms with van der Waals surface area (Å²) in [5, 5.41) is 3.37. The van der Waals surface area contributed by atoms with Gasteiger partial charge in [-0.15, -0.1) is 0 Å². The Morgan fingerprint density at radius 2 is 1.57 bits per heavy atom. The molecule has 8 heteroatoms. The Bertz CT molecular complexity index is 1270. The molecule has 4 saturated carbocycles. The van der Waals surface area contributed by atoms with Crippen molar-refractivity contribution in [3.63, 3.8) is 0 Å². The maximum absolute atomic E-state index is 13.3. The van der Waals surface area contributed by atoms with Crippen LogP contribution in [0.25, 0.3) is 0 Å². The molecule has 2 amide bonds. The number of carbonyl (C=O) groups is 2. The van der Waals surface area contributed by atoms with Gasteiger partial charge in [0.15, 0.2) is 5.79 Å². The Kier molecular flexibility index (Phi) is 10.2. The molecule has 8 rings (SSSR count). The maximum Gasteiger partial charge on any atom is 0.232 e. The number of amides is 2. The van der Waals surface area contributed by atoms with E-state index in [0.29, 0.717) is 46.6 Å². The summed E-state index contributed by atoms with van der Waals surface area (Å²) in [5.74, 6) is 5.12. The zero-order chi connectivity index (χ0) is 35.7. The Balaban J connectivity index is 0.804. The summed E-state index contributed by atoms with van der Waals surface area (Å²) in [7, 11) is 0. The average molecular weight is 709 g/mol. The van der Waals surface area contributed by atoms with Gasteiger partial charge in [0.25, 0.3) is 0 Å². The van der Waals surface area contributed by atoms with Gasteiger partial charge in [-0.05, 0) is 123 Å². The zero-order valence-electron chi connectivity index (χ0n) is 33.2. The molecule has 0 aromatic carbocycles. The van der Waals surface area contributed by atoms with Gasteiger partial charge in [0.2, 0.25) is 11.8 Å². The number of piperazine rings is 1. The average Bonchev–Trinajstić information content (AvgIpc) is 3.55. The van der Waals surface area contributed by atoms with Crippen molar-refractivity contribution in [2.24, 2.45) is 58.2 Å². The molecule has 288 valence electrons. The predicted molar refractivity (Wildman–Crippen MR) is 201 cm³/mol. The SMILES string of the molecule is CC(C)CN1CCN(C2CCN(C(=O)CC(=O)NC3CC[C@]4(C)C5CC[C@]6(C)[C@@H]7[C@H](C[C@H]6[C@@H]5CC[C@@H]4C3)O[C@]3(CC[C@@H](C)CO3)[C@H]7C)CC2)CC1. The van der Waals surface area contributed by atoms with E-state index in [1.807, 2.05) is 4.90 Å². The molecule has 4 aliphatic heterocycles. The first-order chi connectivity index (χ1) is 24.4. The highest BCUT2D eigenvalue weighted by Gasteiger charge is 2.69. The zero-order valence-corrected chi connectivity index (χ0v) is 33.2. The Hall–Kier alpha value is -1.22. The molecule has 1 N–H and O–H groups in total. The molecule has 51 heavy (non-hydrogen) atoms. The fourth-order valence-electron chi connectivity index (χ4n) is 14.2. The third kappa shape index (κ3) is 6.64. The summed E-state index contributed by atoms with van der Waals surface area (Å²) in [5.41, 5.74) is 0.723. The molecule has 0 aromatic heterocycles. The van der Waals surface area contributed by atoms with Gasteiger partial charge < -0.3 is 24.6 Å². The summed E-state index contributed by atoms with van der Waals surface area (Å²) in [6.07, 6.45) is 14.6. The standard InChI is InChI=1S/C43H72N4O4/c1-28(2)26-45-19-21-46(22-20-45)33-12-17-47(18-13-33)39(49)25-38(48)44-32-10-14-41(5)31(23-32)7-8-34-35(41)11-15-42(6)36(34)24-37-40(42)30(4)43(51-37)16-9-29(3)27-50-43/h28-37,40H,7-27H2,1-6H3,(H,44,48)/t29-,30+,31-,32?,34-,35?,36+,37+,40+,41+,42+,43-/m1/s1. The quantitative estimate of drug-likeness (QED) is 0.315. The monoisotopic (exact) mass is 709 g/mol. The molecule has 12 atom stereocenters. The number of hydrogen-bond acceptors (Lipinski definition) is 6. The molecule has 8 aliphatic rings. The van der Waals surface area contributed by atoms with E-state index in [0.717, 1.165) is 102 Å². The molecule has 4 saturated heterocycles. The van der Waals surface area contributed by atoms with Crippen LogP contribution in [0.5, 0.6) is 0 Å². The van der Waals surface area contributed by atoms with Gasteiger partial charge in [-0.3, -0.25) is 14.5 Å². The summed E-state index contributed by atoms with van der Waals surface area (Å²) < 4.78 is 13.6. The summed E-state index contributed by atoms with van der Waals surface area (Å²) in [6.45, 7) is 22.9. The van der Waals surface area contributed by atoms with Crippen LogP contribution in [0.15, 0.2) is 0 Å². The summed E-state index contributed by atoms with van der Waals surface area (Å²) in [6, 6.07) is 0.787. The van der Waals surface area contributed by atoms with E-state index in [-0.39, 0.29) is 30.1 Å². The van der Waals surface area contributed by atoms with Gasteiger partial charge in [0, 0.05) is 70.2 Å². The highest BCUT2D eigenvalue weighted by Crippen LogP contribution is 2.71.